The van der Waals surface area contributed by atoms with Gasteiger partial charge in [0.2, 0.25) is 0 Å². The van der Waals surface area contributed by atoms with Gasteiger partial charge in [-0.1, -0.05) is 37.8 Å². The van der Waals surface area contributed by atoms with Crippen LogP contribution in [-0.2, 0) is 7.05 Å². The van der Waals surface area contributed by atoms with E-state index < -0.39 is 0 Å². The van der Waals surface area contributed by atoms with Crippen LogP contribution in [0.2, 0.25) is 5.02 Å². The maximum absolute atomic E-state index is 6.32. The Hall–Kier alpha value is -0.540. The Morgan fingerprint density at radius 3 is 2.83 bits per heavy atom. The first-order valence-electron chi connectivity index (χ1n) is 7.14. The fourth-order valence-corrected chi connectivity index (χ4v) is 3.35. The highest BCUT2D eigenvalue weighted by molar-refractivity contribution is 6.31. The lowest BCUT2D eigenvalue weighted by molar-refractivity contribution is 0.395. The molecule has 1 N–H and O–H groups in total. The van der Waals surface area contributed by atoms with Crippen molar-refractivity contribution in [1.29, 1.82) is 0 Å². The van der Waals surface area contributed by atoms with Crippen LogP contribution in [0.4, 0.5) is 0 Å². The first kappa shape index (κ1) is 13.9. The highest BCUT2D eigenvalue weighted by atomic mass is 35.5. The normalized spacial score (nSPS) is 25.1. The largest absolute Gasteiger partial charge is 0.313 e. The predicted octanol–water partition coefficient (Wildman–Crippen LogP) is 3.49. The van der Waals surface area contributed by atoms with Crippen LogP contribution >= 0.6 is 11.6 Å². The maximum Gasteiger partial charge on any atom is 0.0821 e. The summed E-state index contributed by atoms with van der Waals surface area (Å²) in [6.45, 7) is 3.31. The quantitative estimate of drug-likeness (QED) is 0.848. The van der Waals surface area contributed by atoms with Gasteiger partial charge in [0.25, 0.3) is 0 Å². The fraction of sp³-hybridized carbons (Fsp3) is 0.786. The highest BCUT2D eigenvalue weighted by Crippen LogP contribution is 2.35. The summed E-state index contributed by atoms with van der Waals surface area (Å²) in [6.07, 6.45) is 9.41. The Morgan fingerprint density at radius 2 is 2.17 bits per heavy atom. The van der Waals surface area contributed by atoms with Gasteiger partial charge in [-0.3, -0.25) is 4.68 Å². The summed E-state index contributed by atoms with van der Waals surface area (Å²) in [4.78, 5) is 0. The lowest BCUT2D eigenvalue weighted by Crippen LogP contribution is -2.35. The molecule has 0 saturated heterocycles. The monoisotopic (exact) mass is 269 g/mol. The number of nitrogens with one attached hydrogen (secondary N) is 1. The molecule has 0 aliphatic heterocycles. The van der Waals surface area contributed by atoms with Crippen LogP contribution in [0.15, 0.2) is 6.20 Å². The zero-order valence-electron chi connectivity index (χ0n) is 11.5. The van der Waals surface area contributed by atoms with E-state index >= 15 is 0 Å². The molecule has 1 aromatic heterocycles. The average Bonchev–Trinajstić information content (AvgIpc) is 2.57. The summed E-state index contributed by atoms with van der Waals surface area (Å²) >= 11 is 6.32. The Labute approximate surface area is 115 Å². The molecule has 2 unspecified atom stereocenters. The second-order valence-electron chi connectivity index (χ2n) is 5.31. The molecular formula is C14H24ClN3. The molecular weight excluding hydrogens is 246 g/mol. The minimum Gasteiger partial charge on any atom is -0.313 e. The Bertz CT molecular complexity index is 356. The van der Waals surface area contributed by atoms with E-state index in [0.29, 0.717) is 12.0 Å². The zero-order chi connectivity index (χ0) is 13.0. The Kier molecular flexibility index (Phi) is 5.07. The molecule has 0 bridgehead atoms. The molecule has 2 rings (SSSR count). The number of nitrogens with zero attached hydrogens (tertiary/aromatic N) is 2. The van der Waals surface area contributed by atoms with Crippen LogP contribution in [0.1, 0.15) is 57.1 Å². The summed E-state index contributed by atoms with van der Waals surface area (Å²) in [6, 6.07) is 0.556. The van der Waals surface area contributed by atoms with E-state index in [1.54, 1.807) is 6.20 Å². The molecule has 1 heterocycles. The number of hydrogen-bond acceptors (Lipinski definition) is 2. The third kappa shape index (κ3) is 3.07. The van der Waals surface area contributed by atoms with Gasteiger partial charge in [0.15, 0.2) is 0 Å². The van der Waals surface area contributed by atoms with E-state index in [1.807, 2.05) is 11.7 Å². The highest BCUT2D eigenvalue weighted by Gasteiger charge is 2.28. The first-order chi connectivity index (χ1) is 8.74. The van der Waals surface area contributed by atoms with E-state index in [9.17, 15) is 0 Å². The first-order valence-corrected chi connectivity index (χ1v) is 7.52. The minimum absolute atomic E-state index is 0.513. The third-order valence-electron chi connectivity index (χ3n) is 3.96. The molecule has 18 heavy (non-hydrogen) atoms. The smallest absolute Gasteiger partial charge is 0.0821 e. The molecule has 1 aromatic rings. The maximum atomic E-state index is 6.32. The van der Waals surface area contributed by atoms with Gasteiger partial charge in [-0.25, -0.2) is 0 Å². The molecule has 1 aliphatic rings. The summed E-state index contributed by atoms with van der Waals surface area (Å²) in [5.41, 5.74) is 1.21. The summed E-state index contributed by atoms with van der Waals surface area (Å²) in [5, 5.41) is 8.82. The van der Waals surface area contributed by atoms with Crippen molar-refractivity contribution in [3.8, 4) is 0 Å². The van der Waals surface area contributed by atoms with Gasteiger partial charge in [0.05, 0.1) is 16.9 Å². The second kappa shape index (κ2) is 6.58. The van der Waals surface area contributed by atoms with E-state index in [4.69, 9.17) is 11.6 Å². The molecule has 1 fully saturated rings. The topological polar surface area (TPSA) is 29.9 Å². The van der Waals surface area contributed by atoms with Crippen molar-refractivity contribution in [2.24, 2.45) is 7.05 Å². The van der Waals surface area contributed by atoms with E-state index in [2.05, 4.69) is 17.3 Å². The SMILES string of the molecule is CCCNC1CCCCCC1c1c(Cl)cnn1C. The Morgan fingerprint density at radius 1 is 1.39 bits per heavy atom. The lowest BCUT2D eigenvalue weighted by Gasteiger charge is -2.26. The number of aromatic nitrogens is 2. The molecule has 0 amide bonds. The average molecular weight is 270 g/mol. The summed E-state index contributed by atoms with van der Waals surface area (Å²) in [7, 11) is 2.00. The number of halogens is 1. The van der Waals surface area contributed by atoms with E-state index in [1.165, 1.54) is 44.2 Å². The Balaban J connectivity index is 2.19. The molecule has 4 heteroatoms. The van der Waals surface area contributed by atoms with Crippen LogP contribution < -0.4 is 5.32 Å². The van der Waals surface area contributed by atoms with E-state index in [-0.39, 0.29) is 0 Å². The van der Waals surface area contributed by atoms with Gasteiger partial charge in [0.1, 0.15) is 0 Å². The number of aryl methyl sites for hydroxylation is 1. The number of rotatable bonds is 4. The third-order valence-corrected chi connectivity index (χ3v) is 4.25. The summed E-state index contributed by atoms with van der Waals surface area (Å²) < 4.78 is 1.96. The van der Waals surface area contributed by atoms with Crippen LogP contribution in [-0.4, -0.2) is 22.4 Å². The molecule has 102 valence electrons. The molecule has 0 spiro atoms. The lowest BCUT2D eigenvalue weighted by atomic mass is 9.91. The van der Waals surface area contributed by atoms with Gasteiger partial charge in [0, 0.05) is 19.0 Å². The van der Waals surface area contributed by atoms with Crippen molar-refractivity contribution in [2.45, 2.75) is 57.4 Å². The van der Waals surface area contributed by atoms with Crippen molar-refractivity contribution in [1.82, 2.24) is 15.1 Å². The van der Waals surface area contributed by atoms with Crippen molar-refractivity contribution >= 4 is 11.6 Å². The van der Waals surface area contributed by atoms with Crippen LogP contribution in [0.25, 0.3) is 0 Å². The van der Waals surface area contributed by atoms with Crippen LogP contribution in [0.5, 0.6) is 0 Å². The van der Waals surface area contributed by atoms with Gasteiger partial charge >= 0.3 is 0 Å². The standard InChI is InChI=1S/C14H24ClN3/c1-3-9-16-13-8-6-4-5-7-11(13)14-12(15)10-17-18(14)2/h10-11,13,16H,3-9H2,1-2H3. The predicted molar refractivity (Wildman–Crippen MR) is 76.1 cm³/mol. The molecule has 1 aliphatic carbocycles. The van der Waals surface area contributed by atoms with Gasteiger partial charge < -0.3 is 5.32 Å². The van der Waals surface area contributed by atoms with Crippen LogP contribution in [0.3, 0.4) is 0 Å². The van der Waals surface area contributed by atoms with Gasteiger partial charge in [-0.05, 0) is 25.8 Å². The molecule has 0 radical (unpaired) electrons. The van der Waals surface area contributed by atoms with Gasteiger partial charge in [-0.15, -0.1) is 0 Å². The van der Waals surface area contributed by atoms with Crippen molar-refractivity contribution in [2.75, 3.05) is 6.54 Å². The molecule has 0 aromatic carbocycles. The van der Waals surface area contributed by atoms with Crippen molar-refractivity contribution in [3.63, 3.8) is 0 Å². The fourth-order valence-electron chi connectivity index (χ4n) is 3.05. The minimum atomic E-state index is 0.513. The van der Waals surface area contributed by atoms with E-state index in [0.717, 1.165) is 11.6 Å². The van der Waals surface area contributed by atoms with Crippen molar-refractivity contribution < 1.29 is 0 Å². The second-order valence-corrected chi connectivity index (χ2v) is 5.71. The summed E-state index contributed by atoms with van der Waals surface area (Å²) in [5.74, 6) is 0.513. The molecule has 3 nitrogen and oxygen atoms in total. The van der Waals surface area contributed by atoms with Crippen molar-refractivity contribution in [3.05, 3.63) is 16.9 Å². The molecule has 2 atom stereocenters. The van der Waals surface area contributed by atoms with Gasteiger partial charge in [-0.2, -0.15) is 5.10 Å². The molecule has 1 saturated carbocycles. The number of hydrogen-bond donors (Lipinski definition) is 1. The zero-order valence-corrected chi connectivity index (χ0v) is 12.2. The van der Waals surface area contributed by atoms with Crippen LogP contribution in [0, 0.1) is 0 Å².